The van der Waals surface area contributed by atoms with Crippen molar-refractivity contribution in [1.29, 1.82) is 0 Å². The second-order valence-corrected chi connectivity index (χ2v) is 9.99. The van der Waals surface area contributed by atoms with E-state index in [2.05, 4.69) is 5.32 Å². The fourth-order valence-corrected chi connectivity index (χ4v) is 5.00. The Kier molecular flexibility index (Phi) is 7.28. The van der Waals surface area contributed by atoms with E-state index >= 15 is 0 Å². The maximum atomic E-state index is 13.2. The van der Waals surface area contributed by atoms with Crippen molar-refractivity contribution < 1.29 is 19.1 Å². The van der Waals surface area contributed by atoms with Crippen molar-refractivity contribution in [2.75, 3.05) is 12.4 Å². The van der Waals surface area contributed by atoms with Crippen LogP contribution in [0.5, 0.6) is 0 Å². The number of esters is 1. The highest BCUT2D eigenvalue weighted by Crippen LogP contribution is 2.32. The second-order valence-electron chi connectivity index (χ2n) is 9.99. The number of rotatable bonds is 7. The maximum Gasteiger partial charge on any atom is 0.328 e. The molecule has 39 heavy (non-hydrogen) atoms. The summed E-state index contributed by atoms with van der Waals surface area (Å²) in [6, 6.07) is 30.2. The fourth-order valence-electron chi connectivity index (χ4n) is 5.00. The van der Waals surface area contributed by atoms with Gasteiger partial charge in [-0.3, -0.25) is 9.59 Å². The van der Waals surface area contributed by atoms with Crippen LogP contribution in [-0.2, 0) is 16.1 Å². The molecule has 1 aliphatic rings. The third-order valence-electron chi connectivity index (χ3n) is 7.08. The van der Waals surface area contributed by atoms with Crippen LogP contribution in [0.3, 0.4) is 0 Å². The summed E-state index contributed by atoms with van der Waals surface area (Å²) in [5.74, 6) is -0.829. The molecule has 0 aromatic heterocycles. The number of nitrogens with one attached hydrogen (secondary N) is 1. The lowest BCUT2D eigenvalue weighted by atomic mass is 10.00. The molecule has 0 aliphatic carbocycles. The van der Waals surface area contributed by atoms with E-state index in [1.807, 2.05) is 111 Å². The molecule has 1 atom stereocenters. The summed E-state index contributed by atoms with van der Waals surface area (Å²) in [4.78, 5) is 40.0. The molecule has 0 unspecified atom stereocenters. The SMILES string of the molecule is COC(=O)[C@H](C(C)C)N1Cc2ccc(-c3ccc(NC(=O)c4ccc(-c5ccccc5)cc4)cc3)cc2C1=O. The minimum absolute atomic E-state index is 0.0697. The van der Waals surface area contributed by atoms with Gasteiger partial charge in [-0.2, -0.15) is 0 Å². The van der Waals surface area contributed by atoms with Crippen LogP contribution in [-0.4, -0.2) is 35.8 Å². The lowest BCUT2D eigenvalue weighted by Crippen LogP contribution is -2.45. The van der Waals surface area contributed by atoms with E-state index in [1.165, 1.54) is 7.11 Å². The molecule has 5 rings (SSSR count). The monoisotopic (exact) mass is 518 g/mol. The predicted molar refractivity (Wildman–Crippen MR) is 152 cm³/mol. The molecule has 0 bridgehead atoms. The summed E-state index contributed by atoms with van der Waals surface area (Å²) >= 11 is 0. The van der Waals surface area contributed by atoms with Crippen LogP contribution < -0.4 is 5.32 Å². The molecule has 1 N–H and O–H groups in total. The highest BCUT2D eigenvalue weighted by atomic mass is 16.5. The summed E-state index contributed by atoms with van der Waals surface area (Å²) in [5.41, 5.74) is 6.70. The molecule has 6 heteroatoms. The molecule has 2 amide bonds. The van der Waals surface area contributed by atoms with Crippen molar-refractivity contribution >= 4 is 23.5 Å². The van der Waals surface area contributed by atoms with Gasteiger partial charge in [-0.05, 0) is 64.1 Å². The first kappa shape index (κ1) is 25.9. The normalized spacial score (nSPS) is 13.2. The van der Waals surface area contributed by atoms with Crippen LogP contribution in [0.2, 0.25) is 0 Å². The number of anilines is 1. The standard InChI is InChI=1S/C33H30N2O4/c1-21(2)30(33(38)39-3)35-20-27-14-13-26(19-29(27)32(35)37)24-15-17-28(18-16-24)34-31(36)25-11-9-23(10-12-25)22-7-5-4-6-8-22/h4-19,21,30H,20H2,1-3H3,(H,34,36)/t30-/m0/s1. The van der Waals surface area contributed by atoms with Crippen LogP contribution >= 0.6 is 0 Å². The summed E-state index contributed by atoms with van der Waals surface area (Å²) < 4.78 is 4.95. The second kappa shape index (κ2) is 11.0. The number of hydrogen-bond donors (Lipinski definition) is 1. The molecule has 4 aromatic rings. The van der Waals surface area contributed by atoms with E-state index in [4.69, 9.17) is 4.74 Å². The van der Waals surface area contributed by atoms with E-state index in [0.29, 0.717) is 23.4 Å². The van der Waals surface area contributed by atoms with Gasteiger partial charge >= 0.3 is 5.97 Å². The zero-order valence-electron chi connectivity index (χ0n) is 22.2. The number of amides is 2. The molecule has 0 saturated carbocycles. The fraction of sp³-hybridized carbons (Fsp3) is 0.182. The van der Waals surface area contributed by atoms with E-state index < -0.39 is 12.0 Å². The van der Waals surface area contributed by atoms with Crippen LogP contribution in [0, 0.1) is 5.92 Å². The first-order chi connectivity index (χ1) is 18.9. The minimum atomic E-state index is -0.629. The van der Waals surface area contributed by atoms with Gasteiger partial charge in [0, 0.05) is 23.4 Å². The van der Waals surface area contributed by atoms with Gasteiger partial charge in [-0.25, -0.2) is 4.79 Å². The minimum Gasteiger partial charge on any atom is -0.467 e. The zero-order valence-corrected chi connectivity index (χ0v) is 22.2. The Balaban J connectivity index is 1.28. The molecular formula is C33H30N2O4. The van der Waals surface area contributed by atoms with Gasteiger partial charge < -0.3 is 15.0 Å². The Hall–Kier alpha value is -4.71. The largest absolute Gasteiger partial charge is 0.467 e. The van der Waals surface area contributed by atoms with Gasteiger partial charge in [-0.15, -0.1) is 0 Å². The summed E-state index contributed by atoms with van der Waals surface area (Å²) in [7, 11) is 1.34. The molecule has 0 spiro atoms. The molecule has 6 nitrogen and oxygen atoms in total. The Morgan fingerprint density at radius 2 is 1.38 bits per heavy atom. The lowest BCUT2D eigenvalue weighted by molar-refractivity contribution is -0.147. The van der Waals surface area contributed by atoms with Gasteiger partial charge in [0.15, 0.2) is 0 Å². The van der Waals surface area contributed by atoms with Crippen molar-refractivity contribution in [3.8, 4) is 22.3 Å². The van der Waals surface area contributed by atoms with Crippen LogP contribution in [0.1, 0.15) is 40.1 Å². The highest BCUT2D eigenvalue weighted by molar-refractivity contribution is 6.05. The maximum absolute atomic E-state index is 13.2. The third-order valence-corrected chi connectivity index (χ3v) is 7.08. The van der Waals surface area contributed by atoms with Crippen LogP contribution in [0.25, 0.3) is 22.3 Å². The number of benzene rings is 4. The molecule has 196 valence electrons. The molecule has 0 fully saturated rings. The van der Waals surface area contributed by atoms with Gasteiger partial charge in [0.25, 0.3) is 11.8 Å². The molecule has 0 saturated heterocycles. The summed E-state index contributed by atoms with van der Waals surface area (Å²) in [6.07, 6.45) is 0. The van der Waals surface area contributed by atoms with Crippen molar-refractivity contribution in [1.82, 2.24) is 4.90 Å². The number of methoxy groups -OCH3 is 1. The van der Waals surface area contributed by atoms with Crippen molar-refractivity contribution in [3.05, 3.63) is 114 Å². The first-order valence-electron chi connectivity index (χ1n) is 12.9. The Morgan fingerprint density at radius 1 is 0.795 bits per heavy atom. The van der Waals surface area contributed by atoms with Gasteiger partial charge in [0.05, 0.1) is 7.11 Å². The Bertz CT molecular complexity index is 1510. The average Bonchev–Trinajstić information content (AvgIpc) is 3.28. The van der Waals surface area contributed by atoms with Crippen molar-refractivity contribution in [3.63, 3.8) is 0 Å². The number of ether oxygens (including phenoxy) is 1. The molecule has 1 heterocycles. The van der Waals surface area contributed by atoms with E-state index in [9.17, 15) is 14.4 Å². The quantitative estimate of drug-likeness (QED) is 0.286. The van der Waals surface area contributed by atoms with E-state index in [1.54, 1.807) is 4.90 Å². The van der Waals surface area contributed by atoms with Gasteiger partial charge in [0.1, 0.15) is 6.04 Å². The average molecular weight is 519 g/mol. The Labute approximate surface area is 228 Å². The number of nitrogens with zero attached hydrogens (tertiary/aromatic N) is 1. The zero-order chi connectivity index (χ0) is 27.5. The predicted octanol–water partition coefficient (Wildman–Crippen LogP) is 6.43. The third kappa shape index (κ3) is 5.32. The smallest absolute Gasteiger partial charge is 0.328 e. The number of fused-ring (bicyclic) bond motifs is 1. The van der Waals surface area contributed by atoms with Gasteiger partial charge in [0.2, 0.25) is 0 Å². The molecular weight excluding hydrogens is 488 g/mol. The van der Waals surface area contributed by atoms with Crippen molar-refractivity contribution in [2.45, 2.75) is 26.4 Å². The number of carbonyl (C=O) groups excluding carboxylic acids is 3. The van der Waals surface area contributed by atoms with Crippen molar-refractivity contribution in [2.24, 2.45) is 5.92 Å². The molecule has 0 radical (unpaired) electrons. The lowest BCUT2D eigenvalue weighted by Gasteiger charge is -2.28. The summed E-state index contributed by atoms with van der Waals surface area (Å²) in [5, 5.41) is 2.95. The number of hydrogen-bond acceptors (Lipinski definition) is 4. The van der Waals surface area contributed by atoms with Crippen LogP contribution in [0.4, 0.5) is 5.69 Å². The van der Waals surface area contributed by atoms with E-state index in [0.717, 1.165) is 27.8 Å². The topological polar surface area (TPSA) is 75.7 Å². The van der Waals surface area contributed by atoms with E-state index in [-0.39, 0.29) is 17.7 Å². The Morgan fingerprint density at radius 3 is 2.03 bits per heavy atom. The molecule has 4 aromatic carbocycles. The molecule has 1 aliphatic heterocycles. The summed E-state index contributed by atoms with van der Waals surface area (Å²) in [6.45, 7) is 4.19. The highest BCUT2D eigenvalue weighted by Gasteiger charge is 2.38. The van der Waals surface area contributed by atoms with Crippen LogP contribution in [0.15, 0.2) is 97.1 Å². The van der Waals surface area contributed by atoms with Gasteiger partial charge in [-0.1, -0.05) is 80.6 Å². The number of carbonyl (C=O) groups is 3. The first-order valence-corrected chi connectivity index (χ1v) is 12.9.